The highest BCUT2D eigenvalue weighted by molar-refractivity contribution is 7.98. The first-order chi connectivity index (χ1) is 8.69. The van der Waals surface area contributed by atoms with Crippen molar-refractivity contribution in [2.24, 2.45) is 0 Å². The summed E-state index contributed by atoms with van der Waals surface area (Å²) in [5, 5.41) is 12.7. The zero-order valence-corrected chi connectivity index (χ0v) is 11.4. The molecule has 1 atom stereocenters. The SMILES string of the molecule is CSc1cccc(NC(C)c2ccc(O)cc2)c1. The van der Waals surface area contributed by atoms with Gasteiger partial charge in [0.15, 0.2) is 0 Å². The smallest absolute Gasteiger partial charge is 0.115 e. The first-order valence-corrected chi connectivity index (χ1v) is 7.11. The van der Waals surface area contributed by atoms with Crippen LogP contribution < -0.4 is 5.32 Å². The number of anilines is 1. The molecule has 0 heterocycles. The van der Waals surface area contributed by atoms with E-state index >= 15 is 0 Å². The third kappa shape index (κ3) is 3.20. The molecule has 0 aliphatic heterocycles. The molecule has 2 N–H and O–H groups in total. The van der Waals surface area contributed by atoms with Gasteiger partial charge in [-0.3, -0.25) is 0 Å². The lowest BCUT2D eigenvalue weighted by atomic mass is 10.1. The lowest BCUT2D eigenvalue weighted by Crippen LogP contribution is -2.06. The Kier molecular flexibility index (Phi) is 4.15. The molecule has 2 nitrogen and oxygen atoms in total. The predicted molar refractivity (Wildman–Crippen MR) is 78.4 cm³/mol. The fraction of sp³-hybridized carbons (Fsp3) is 0.200. The number of phenols is 1. The topological polar surface area (TPSA) is 32.3 Å². The van der Waals surface area contributed by atoms with Crippen LogP contribution in [0.2, 0.25) is 0 Å². The minimum atomic E-state index is 0.211. The molecule has 0 radical (unpaired) electrons. The third-order valence-electron chi connectivity index (χ3n) is 2.85. The van der Waals surface area contributed by atoms with Gasteiger partial charge in [0.25, 0.3) is 0 Å². The van der Waals surface area contributed by atoms with Crippen molar-refractivity contribution in [1.29, 1.82) is 0 Å². The molecule has 0 saturated carbocycles. The summed E-state index contributed by atoms with van der Waals surface area (Å²) < 4.78 is 0. The molecule has 2 rings (SSSR count). The number of hydrogen-bond donors (Lipinski definition) is 2. The van der Waals surface area contributed by atoms with Crippen molar-refractivity contribution in [3.63, 3.8) is 0 Å². The summed E-state index contributed by atoms with van der Waals surface area (Å²) in [6.07, 6.45) is 2.07. The minimum Gasteiger partial charge on any atom is -0.508 e. The number of aromatic hydroxyl groups is 1. The van der Waals surface area contributed by atoms with Gasteiger partial charge in [0.05, 0.1) is 0 Å². The van der Waals surface area contributed by atoms with E-state index in [4.69, 9.17) is 0 Å². The van der Waals surface area contributed by atoms with E-state index < -0.39 is 0 Å². The Bertz CT molecular complexity index is 510. The second-order valence-electron chi connectivity index (χ2n) is 4.19. The van der Waals surface area contributed by atoms with E-state index in [1.165, 1.54) is 4.90 Å². The molecule has 0 aromatic heterocycles. The minimum absolute atomic E-state index is 0.211. The van der Waals surface area contributed by atoms with Crippen LogP contribution in [0.1, 0.15) is 18.5 Å². The first-order valence-electron chi connectivity index (χ1n) is 5.88. The van der Waals surface area contributed by atoms with Crippen LogP contribution in [-0.4, -0.2) is 11.4 Å². The average molecular weight is 259 g/mol. The van der Waals surface area contributed by atoms with Crippen molar-refractivity contribution in [1.82, 2.24) is 0 Å². The molecule has 94 valence electrons. The Morgan fingerprint density at radius 2 is 1.83 bits per heavy atom. The first kappa shape index (κ1) is 12.8. The van der Waals surface area contributed by atoms with Crippen LogP contribution in [0.15, 0.2) is 53.4 Å². The van der Waals surface area contributed by atoms with Gasteiger partial charge < -0.3 is 10.4 Å². The van der Waals surface area contributed by atoms with Crippen LogP contribution in [-0.2, 0) is 0 Å². The summed E-state index contributed by atoms with van der Waals surface area (Å²) in [6.45, 7) is 2.11. The van der Waals surface area contributed by atoms with Crippen LogP contribution in [0.3, 0.4) is 0 Å². The van der Waals surface area contributed by atoms with Crippen molar-refractivity contribution in [3.8, 4) is 5.75 Å². The standard InChI is InChI=1S/C15H17NOS/c1-11(12-6-8-14(17)9-7-12)16-13-4-3-5-15(10-13)18-2/h3-11,16-17H,1-2H3. The quantitative estimate of drug-likeness (QED) is 0.803. The Balaban J connectivity index is 2.10. The van der Waals surface area contributed by atoms with Crippen LogP contribution >= 0.6 is 11.8 Å². The van der Waals surface area contributed by atoms with Gasteiger partial charge in [-0.2, -0.15) is 0 Å². The van der Waals surface area contributed by atoms with Gasteiger partial charge >= 0.3 is 0 Å². The van der Waals surface area contributed by atoms with E-state index in [0.717, 1.165) is 11.3 Å². The summed E-state index contributed by atoms with van der Waals surface area (Å²) in [6, 6.07) is 15.9. The second-order valence-corrected chi connectivity index (χ2v) is 5.07. The Morgan fingerprint density at radius 3 is 2.50 bits per heavy atom. The number of phenolic OH excluding ortho intramolecular Hbond substituents is 1. The van der Waals surface area contributed by atoms with Crippen LogP contribution in [0, 0.1) is 0 Å². The van der Waals surface area contributed by atoms with Crippen molar-refractivity contribution >= 4 is 17.4 Å². The number of benzene rings is 2. The highest BCUT2D eigenvalue weighted by Crippen LogP contribution is 2.24. The average Bonchev–Trinajstić information content (AvgIpc) is 2.39. The molecule has 2 aromatic carbocycles. The number of nitrogens with one attached hydrogen (secondary N) is 1. The monoisotopic (exact) mass is 259 g/mol. The summed E-state index contributed by atoms with van der Waals surface area (Å²) in [4.78, 5) is 1.25. The van der Waals surface area contributed by atoms with Crippen molar-refractivity contribution in [3.05, 3.63) is 54.1 Å². The molecule has 1 unspecified atom stereocenters. The zero-order valence-electron chi connectivity index (χ0n) is 10.6. The summed E-state index contributed by atoms with van der Waals surface area (Å²) >= 11 is 1.73. The normalized spacial score (nSPS) is 12.1. The highest BCUT2D eigenvalue weighted by atomic mass is 32.2. The van der Waals surface area contributed by atoms with Gasteiger partial charge in [0.2, 0.25) is 0 Å². The van der Waals surface area contributed by atoms with E-state index in [1.807, 2.05) is 12.1 Å². The summed E-state index contributed by atoms with van der Waals surface area (Å²) in [5.41, 5.74) is 2.27. The molecule has 0 fully saturated rings. The van der Waals surface area contributed by atoms with Gasteiger partial charge in [0, 0.05) is 16.6 Å². The van der Waals surface area contributed by atoms with E-state index in [9.17, 15) is 5.11 Å². The fourth-order valence-corrected chi connectivity index (χ4v) is 2.27. The molecule has 2 aromatic rings. The summed E-state index contributed by atoms with van der Waals surface area (Å²) in [7, 11) is 0. The molecule has 0 saturated heterocycles. The van der Waals surface area contributed by atoms with E-state index in [2.05, 4.69) is 42.8 Å². The lowest BCUT2D eigenvalue weighted by Gasteiger charge is -2.16. The highest BCUT2D eigenvalue weighted by Gasteiger charge is 2.05. The number of hydrogen-bond acceptors (Lipinski definition) is 3. The van der Waals surface area contributed by atoms with Gasteiger partial charge in [0.1, 0.15) is 5.75 Å². The predicted octanol–water partition coefficient (Wildman–Crippen LogP) is 4.29. The molecule has 0 amide bonds. The maximum Gasteiger partial charge on any atom is 0.115 e. The Labute approximate surface area is 112 Å². The third-order valence-corrected chi connectivity index (χ3v) is 3.57. The fourth-order valence-electron chi connectivity index (χ4n) is 1.81. The molecule has 18 heavy (non-hydrogen) atoms. The molecule has 0 spiro atoms. The van der Waals surface area contributed by atoms with Gasteiger partial charge in [-0.1, -0.05) is 18.2 Å². The molecule has 0 aliphatic rings. The molecular formula is C15H17NOS. The Morgan fingerprint density at radius 1 is 1.11 bits per heavy atom. The maximum atomic E-state index is 9.27. The summed E-state index contributed by atoms with van der Waals surface area (Å²) in [5.74, 6) is 0.301. The van der Waals surface area contributed by atoms with Gasteiger partial charge in [-0.15, -0.1) is 11.8 Å². The van der Waals surface area contributed by atoms with E-state index in [0.29, 0.717) is 5.75 Å². The second kappa shape index (κ2) is 5.83. The van der Waals surface area contributed by atoms with Gasteiger partial charge in [-0.05, 0) is 49.1 Å². The lowest BCUT2D eigenvalue weighted by molar-refractivity contribution is 0.475. The number of rotatable bonds is 4. The Hall–Kier alpha value is -1.61. The van der Waals surface area contributed by atoms with Crippen molar-refractivity contribution in [2.45, 2.75) is 17.9 Å². The van der Waals surface area contributed by atoms with Crippen molar-refractivity contribution < 1.29 is 5.11 Å². The van der Waals surface area contributed by atoms with Crippen LogP contribution in [0.25, 0.3) is 0 Å². The zero-order chi connectivity index (χ0) is 13.0. The van der Waals surface area contributed by atoms with Crippen LogP contribution in [0.4, 0.5) is 5.69 Å². The van der Waals surface area contributed by atoms with Gasteiger partial charge in [-0.25, -0.2) is 0 Å². The number of thioether (sulfide) groups is 1. The molecule has 3 heteroatoms. The van der Waals surface area contributed by atoms with E-state index in [1.54, 1.807) is 23.9 Å². The molecule has 0 bridgehead atoms. The van der Waals surface area contributed by atoms with Crippen LogP contribution in [0.5, 0.6) is 5.75 Å². The molecule has 0 aliphatic carbocycles. The van der Waals surface area contributed by atoms with Crippen molar-refractivity contribution in [2.75, 3.05) is 11.6 Å². The molecular weight excluding hydrogens is 242 g/mol. The largest absolute Gasteiger partial charge is 0.508 e. The maximum absolute atomic E-state index is 9.27. The van der Waals surface area contributed by atoms with E-state index in [-0.39, 0.29) is 6.04 Å².